The van der Waals surface area contributed by atoms with Gasteiger partial charge in [0, 0.05) is 20.2 Å². The van der Waals surface area contributed by atoms with Gasteiger partial charge in [0.2, 0.25) is 0 Å². The molecule has 1 aromatic carbocycles. The first-order chi connectivity index (χ1) is 9.52. The molecule has 0 spiro atoms. The van der Waals surface area contributed by atoms with E-state index in [1.165, 1.54) is 7.11 Å². The van der Waals surface area contributed by atoms with E-state index in [-0.39, 0.29) is 13.2 Å². The van der Waals surface area contributed by atoms with Crippen molar-refractivity contribution in [2.45, 2.75) is 26.1 Å². The predicted octanol–water partition coefficient (Wildman–Crippen LogP) is 0.640. The molecular formula is C15H25NO4. The second-order valence-corrected chi connectivity index (χ2v) is 5.00. The van der Waals surface area contributed by atoms with Crippen LogP contribution in [-0.4, -0.2) is 55.8 Å². The third-order valence-electron chi connectivity index (χ3n) is 2.89. The molecule has 5 nitrogen and oxygen atoms in total. The molecular weight excluding hydrogens is 258 g/mol. The van der Waals surface area contributed by atoms with Crippen LogP contribution in [0.15, 0.2) is 18.2 Å². The highest BCUT2D eigenvalue weighted by molar-refractivity contribution is 5.35. The van der Waals surface area contributed by atoms with E-state index in [0.29, 0.717) is 13.1 Å². The summed E-state index contributed by atoms with van der Waals surface area (Å²) in [5.41, 5.74) is 2.17. The zero-order valence-electron chi connectivity index (χ0n) is 12.4. The van der Waals surface area contributed by atoms with E-state index in [2.05, 4.69) is 5.32 Å². The van der Waals surface area contributed by atoms with Gasteiger partial charge in [-0.2, -0.15) is 0 Å². The summed E-state index contributed by atoms with van der Waals surface area (Å²) in [6.45, 7) is 5.22. The summed E-state index contributed by atoms with van der Waals surface area (Å²) >= 11 is 0. The van der Waals surface area contributed by atoms with Gasteiger partial charge in [-0.05, 0) is 31.0 Å². The van der Waals surface area contributed by atoms with Crippen molar-refractivity contribution in [3.8, 4) is 5.75 Å². The van der Waals surface area contributed by atoms with Crippen LogP contribution in [0, 0.1) is 13.8 Å². The SMILES string of the molecule is COCC(O)CNCC(O)COc1cc(C)ccc1C. The van der Waals surface area contributed by atoms with E-state index < -0.39 is 12.2 Å². The van der Waals surface area contributed by atoms with Crippen LogP contribution in [-0.2, 0) is 4.74 Å². The number of hydrogen-bond donors (Lipinski definition) is 3. The van der Waals surface area contributed by atoms with E-state index in [4.69, 9.17) is 9.47 Å². The number of aliphatic hydroxyl groups is 2. The van der Waals surface area contributed by atoms with Gasteiger partial charge in [-0.3, -0.25) is 0 Å². The molecule has 0 aliphatic rings. The monoisotopic (exact) mass is 283 g/mol. The summed E-state index contributed by atoms with van der Waals surface area (Å²) in [5, 5.41) is 22.2. The van der Waals surface area contributed by atoms with Crippen molar-refractivity contribution in [2.24, 2.45) is 0 Å². The van der Waals surface area contributed by atoms with Crippen LogP contribution in [0.5, 0.6) is 5.75 Å². The standard InChI is InChI=1S/C15H25NO4/c1-11-4-5-12(2)15(6-11)20-10-14(18)8-16-7-13(17)9-19-3/h4-6,13-14,16-18H,7-10H2,1-3H3. The van der Waals surface area contributed by atoms with E-state index in [1.54, 1.807) is 0 Å². The molecule has 0 aliphatic carbocycles. The van der Waals surface area contributed by atoms with Gasteiger partial charge >= 0.3 is 0 Å². The summed E-state index contributed by atoms with van der Waals surface area (Å²) in [6, 6.07) is 5.98. The fourth-order valence-electron chi connectivity index (χ4n) is 1.78. The number of aliphatic hydroxyl groups excluding tert-OH is 2. The Balaban J connectivity index is 2.26. The Kier molecular flexibility index (Phi) is 7.54. The highest BCUT2D eigenvalue weighted by Crippen LogP contribution is 2.19. The largest absolute Gasteiger partial charge is 0.491 e. The van der Waals surface area contributed by atoms with Crippen molar-refractivity contribution in [2.75, 3.05) is 33.4 Å². The molecule has 0 saturated carbocycles. The van der Waals surface area contributed by atoms with Crippen molar-refractivity contribution in [1.82, 2.24) is 5.32 Å². The van der Waals surface area contributed by atoms with Crippen LogP contribution in [0.1, 0.15) is 11.1 Å². The molecule has 1 rings (SSSR count). The number of methoxy groups -OCH3 is 1. The summed E-state index contributed by atoms with van der Waals surface area (Å²) < 4.78 is 10.4. The lowest BCUT2D eigenvalue weighted by Crippen LogP contribution is -2.37. The van der Waals surface area contributed by atoms with Gasteiger partial charge in [0.1, 0.15) is 18.5 Å². The lowest BCUT2D eigenvalue weighted by atomic mass is 10.1. The third kappa shape index (κ3) is 6.34. The number of rotatable bonds is 9. The maximum atomic E-state index is 9.81. The van der Waals surface area contributed by atoms with E-state index in [9.17, 15) is 10.2 Å². The first-order valence-corrected chi connectivity index (χ1v) is 6.78. The molecule has 2 atom stereocenters. The molecule has 5 heteroatoms. The van der Waals surface area contributed by atoms with Gasteiger partial charge in [-0.15, -0.1) is 0 Å². The average molecular weight is 283 g/mol. The predicted molar refractivity (Wildman–Crippen MR) is 78.2 cm³/mol. The minimum atomic E-state index is -0.621. The molecule has 0 heterocycles. The normalized spacial score (nSPS) is 14.1. The minimum absolute atomic E-state index is 0.220. The quantitative estimate of drug-likeness (QED) is 0.620. The van der Waals surface area contributed by atoms with Crippen molar-refractivity contribution in [1.29, 1.82) is 0 Å². The maximum absolute atomic E-state index is 9.81. The Bertz CT molecular complexity index is 397. The molecule has 0 aromatic heterocycles. The van der Waals surface area contributed by atoms with Gasteiger partial charge in [-0.1, -0.05) is 12.1 Å². The van der Waals surface area contributed by atoms with Crippen molar-refractivity contribution < 1.29 is 19.7 Å². The second-order valence-electron chi connectivity index (χ2n) is 5.00. The van der Waals surface area contributed by atoms with E-state index in [0.717, 1.165) is 16.9 Å². The Labute approximate surface area is 120 Å². The first-order valence-electron chi connectivity index (χ1n) is 6.78. The minimum Gasteiger partial charge on any atom is -0.491 e. The Hall–Kier alpha value is -1.14. The summed E-state index contributed by atoms with van der Waals surface area (Å²) in [6.07, 6.45) is -1.18. The topological polar surface area (TPSA) is 71.0 Å². The second kappa shape index (κ2) is 8.92. The zero-order chi connectivity index (χ0) is 15.0. The number of nitrogens with one attached hydrogen (secondary N) is 1. The van der Waals surface area contributed by atoms with Gasteiger partial charge in [-0.25, -0.2) is 0 Å². The Morgan fingerprint density at radius 2 is 1.75 bits per heavy atom. The number of aryl methyl sites for hydroxylation is 2. The van der Waals surface area contributed by atoms with Gasteiger partial charge in [0.25, 0.3) is 0 Å². The van der Waals surface area contributed by atoms with Gasteiger partial charge < -0.3 is 25.0 Å². The Morgan fingerprint density at radius 3 is 2.40 bits per heavy atom. The fraction of sp³-hybridized carbons (Fsp3) is 0.600. The molecule has 0 aliphatic heterocycles. The van der Waals surface area contributed by atoms with E-state index in [1.807, 2.05) is 32.0 Å². The average Bonchev–Trinajstić information content (AvgIpc) is 2.40. The van der Waals surface area contributed by atoms with Crippen LogP contribution in [0.25, 0.3) is 0 Å². The molecule has 0 bridgehead atoms. The van der Waals surface area contributed by atoms with E-state index >= 15 is 0 Å². The van der Waals surface area contributed by atoms with Crippen LogP contribution >= 0.6 is 0 Å². The number of benzene rings is 1. The third-order valence-corrected chi connectivity index (χ3v) is 2.89. The van der Waals surface area contributed by atoms with Crippen LogP contribution in [0.3, 0.4) is 0 Å². The molecule has 3 N–H and O–H groups in total. The molecule has 0 amide bonds. The van der Waals surface area contributed by atoms with Gasteiger partial charge in [0.05, 0.1) is 12.7 Å². The molecule has 2 unspecified atom stereocenters. The molecule has 0 radical (unpaired) electrons. The molecule has 20 heavy (non-hydrogen) atoms. The summed E-state index contributed by atoms with van der Waals surface area (Å²) in [4.78, 5) is 0. The molecule has 1 aromatic rings. The summed E-state index contributed by atoms with van der Waals surface area (Å²) in [7, 11) is 1.54. The molecule has 0 fully saturated rings. The van der Waals surface area contributed by atoms with Crippen molar-refractivity contribution in [3.05, 3.63) is 29.3 Å². The number of hydrogen-bond acceptors (Lipinski definition) is 5. The highest BCUT2D eigenvalue weighted by Gasteiger charge is 2.08. The van der Waals surface area contributed by atoms with Crippen molar-refractivity contribution in [3.63, 3.8) is 0 Å². The fourth-order valence-corrected chi connectivity index (χ4v) is 1.78. The van der Waals surface area contributed by atoms with Gasteiger partial charge in [0.15, 0.2) is 0 Å². The zero-order valence-corrected chi connectivity index (χ0v) is 12.4. The number of ether oxygens (including phenoxy) is 2. The van der Waals surface area contributed by atoms with Crippen molar-refractivity contribution >= 4 is 0 Å². The van der Waals surface area contributed by atoms with Crippen LogP contribution in [0.2, 0.25) is 0 Å². The smallest absolute Gasteiger partial charge is 0.122 e. The maximum Gasteiger partial charge on any atom is 0.122 e. The first kappa shape index (κ1) is 16.9. The lowest BCUT2D eigenvalue weighted by Gasteiger charge is -2.16. The lowest BCUT2D eigenvalue weighted by molar-refractivity contribution is 0.0582. The molecule has 0 saturated heterocycles. The highest BCUT2D eigenvalue weighted by atomic mass is 16.5. The molecule has 114 valence electrons. The Morgan fingerprint density at radius 1 is 1.10 bits per heavy atom. The van der Waals surface area contributed by atoms with Crippen LogP contribution < -0.4 is 10.1 Å². The van der Waals surface area contributed by atoms with Crippen LogP contribution in [0.4, 0.5) is 0 Å². The summed E-state index contributed by atoms with van der Waals surface area (Å²) in [5.74, 6) is 0.795.